The molecule has 4 aromatic rings. The van der Waals surface area contributed by atoms with Gasteiger partial charge in [-0.1, -0.05) is 112 Å². The molecule has 4 nitrogen and oxygen atoms in total. The Labute approximate surface area is 212 Å². The highest BCUT2D eigenvalue weighted by molar-refractivity contribution is 7.17. The summed E-state index contributed by atoms with van der Waals surface area (Å²) in [5.41, 5.74) is 1.60. The molecule has 4 rings (SSSR count). The van der Waals surface area contributed by atoms with Crippen LogP contribution in [0.3, 0.4) is 0 Å². The maximum Gasteiger partial charge on any atom is 0.350 e. The van der Waals surface area contributed by atoms with E-state index >= 15 is 0 Å². The van der Waals surface area contributed by atoms with Crippen LogP contribution in [0.4, 0.5) is 0 Å². The number of carbonyl (C=O) groups is 1. The lowest BCUT2D eigenvalue weighted by Gasteiger charge is -2.42. The van der Waals surface area contributed by atoms with E-state index in [0.29, 0.717) is 17.2 Å². The summed E-state index contributed by atoms with van der Waals surface area (Å²) in [6.45, 7) is 9.07. The average Bonchev–Trinajstić information content (AvgIpc) is 3.30. The summed E-state index contributed by atoms with van der Waals surface area (Å²) < 4.78 is 12.4. The van der Waals surface area contributed by atoms with Crippen molar-refractivity contribution in [2.24, 2.45) is 0 Å². The molecule has 0 saturated carbocycles. The van der Waals surface area contributed by atoms with E-state index in [1.807, 2.05) is 49.4 Å². The number of benzene rings is 3. The van der Waals surface area contributed by atoms with Gasteiger partial charge in [0.25, 0.3) is 8.32 Å². The number of rotatable bonds is 8. The minimum Gasteiger partial charge on any atom is -0.462 e. The largest absolute Gasteiger partial charge is 0.462 e. The van der Waals surface area contributed by atoms with Crippen LogP contribution in [0.1, 0.15) is 43.1 Å². The summed E-state index contributed by atoms with van der Waals surface area (Å²) in [4.78, 5) is 18.3. The number of nitrogens with zero attached hydrogens (tertiary/aromatic N) is 1. The summed E-state index contributed by atoms with van der Waals surface area (Å²) in [6.07, 6.45) is 0. The van der Waals surface area contributed by atoms with Crippen LogP contribution < -0.4 is 10.4 Å². The summed E-state index contributed by atoms with van der Waals surface area (Å²) in [7, 11) is -2.77. The monoisotopic (exact) mass is 501 g/mol. The fourth-order valence-corrected chi connectivity index (χ4v) is 9.92. The molecule has 3 aromatic carbocycles. The molecule has 0 unspecified atom stereocenters. The van der Waals surface area contributed by atoms with Gasteiger partial charge in [-0.05, 0) is 22.3 Å². The second kappa shape index (κ2) is 10.7. The van der Waals surface area contributed by atoms with E-state index in [1.54, 1.807) is 0 Å². The lowest BCUT2D eigenvalue weighted by atomic mass is 10.2. The molecule has 0 N–H and O–H groups in total. The second-order valence-electron chi connectivity index (χ2n) is 9.33. The highest BCUT2D eigenvalue weighted by Gasteiger charge is 2.50. The Hall–Kier alpha value is -3.06. The van der Waals surface area contributed by atoms with Gasteiger partial charge >= 0.3 is 5.97 Å². The van der Waals surface area contributed by atoms with Crippen molar-refractivity contribution in [3.63, 3.8) is 0 Å². The lowest BCUT2D eigenvalue weighted by Crippen LogP contribution is -2.66. The molecule has 0 aliphatic heterocycles. The van der Waals surface area contributed by atoms with Crippen molar-refractivity contribution in [3.05, 3.63) is 102 Å². The number of esters is 1. The molecule has 0 radical (unpaired) electrons. The Kier molecular flexibility index (Phi) is 7.65. The Balaban J connectivity index is 1.81. The van der Waals surface area contributed by atoms with Crippen LogP contribution in [-0.2, 0) is 15.8 Å². The van der Waals surface area contributed by atoms with Gasteiger partial charge in [0.15, 0.2) is 0 Å². The highest BCUT2D eigenvalue weighted by Crippen LogP contribution is 2.38. The van der Waals surface area contributed by atoms with E-state index in [-0.39, 0.29) is 17.6 Å². The number of thiazole rings is 1. The predicted octanol–water partition coefficient (Wildman–Crippen LogP) is 6.06. The zero-order chi connectivity index (χ0) is 24.9. The standard InChI is InChI=1S/C29H31NO3SSi/c1-5-32-28(31)26-25(30-27(34-26)22-15-9-6-10-16-22)21-33-35(29(2,3)4,23-17-11-7-12-18-23)24-19-13-8-14-20-24/h6-20H,5,21H2,1-4H3. The van der Waals surface area contributed by atoms with Gasteiger partial charge in [-0.25, -0.2) is 9.78 Å². The molecule has 0 atom stereocenters. The number of hydrogen-bond acceptors (Lipinski definition) is 5. The molecule has 1 heterocycles. The molecule has 6 heteroatoms. The van der Waals surface area contributed by atoms with Crippen molar-refractivity contribution in [2.45, 2.75) is 39.3 Å². The maximum absolute atomic E-state index is 12.9. The third-order valence-corrected chi connectivity index (χ3v) is 12.1. The molecular weight excluding hydrogens is 470 g/mol. The van der Waals surface area contributed by atoms with Crippen LogP contribution in [0.5, 0.6) is 0 Å². The van der Waals surface area contributed by atoms with Crippen LogP contribution in [0.15, 0.2) is 91.0 Å². The first kappa shape index (κ1) is 25.0. The Bertz CT molecular complexity index is 1210. The van der Waals surface area contributed by atoms with E-state index < -0.39 is 8.32 Å². The van der Waals surface area contributed by atoms with Gasteiger partial charge < -0.3 is 9.16 Å². The maximum atomic E-state index is 12.9. The normalized spacial score (nSPS) is 11.9. The van der Waals surface area contributed by atoms with E-state index in [9.17, 15) is 4.79 Å². The highest BCUT2D eigenvalue weighted by atomic mass is 32.1. The lowest BCUT2D eigenvalue weighted by molar-refractivity contribution is 0.0528. The number of hydrogen-bond donors (Lipinski definition) is 0. The van der Waals surface area contributed by atoms with Gasteiger partial charge in [-0.15, -0.1) is 11.3 Å². The first-order chi connectivity index (χ1) is 16.9. The third-order valence-electron chi connectivity index (χ3n) is 6.02. The number of aromatic nitrogens is 1. The summed E-state index contributed by atoms with van der Waals surface area (Å²) in [6, 6.07) is 30.9. The zero-order valence-electron chi connectivity index (χ0n) is 20.7. The SMILES string of the molecule is CCOC(=O)c1sc(-c2ccccc2)nc1CO[Si](c1ccccc1)(c1ccccc1)C(C)(C)C. The summed E-state index contributed by atoms with van der Waals surface area (Å²) in [5.74, 6) is -0.353. The van der Waals surface area contributed by atoms with Crippen molar-refractivity contribution >= 4 is 36.0 Å². The Morgan fingerprint density at radius 3 is 1.86 bits per heavy atom. The van der Waals surface area contributed by atoms with E-state index in [1.165, 1.54) is 21.7 Å². The van der Waals surface area contributed by atoms with Crippen LogP contribution in [0, 0.1) is 0 Å². The van der Waals surface area contributed by atoms with Crippen molar-refractivity contribution in [1.82, 2.24) is 4.98 Å². The minimum absolute atomic E-state index is 0.169. The van der Waals surface area contributed by atoms with E-state index in [0.717, 1.165) is 10.6 Å². The predicted molar refractivity (Wildman–Crippen MR) is 146 cm³/mol. The molecule has 1 aromatic heterocycles. The van der Waals surface area contributed by atoms with Crippen LogP contribution in [0.25, 0.3) is 10.6 Å². The van der Waals surface area contributed by atoms with Gasteiger partial charge in [0.1, 0.15) is 9.88 Å². The first-order valence-corrected chi connectivity index (χ1v) is 14.6. The molecule has 0 aliphatic rings. The smallest absolute Gasteiger partial charge is 0.350 e. The van der Waals surface area contributed by atoms with E-state index in [2.05, 4.69) is 69.3 Å². The molecule has 0 spiro atoms. The first-order valence-electron chi connectivity index (χ1n) is 11.8. The second-order valence-corrected chi connectivity index (χ2v) is 14.6. The fraction of sp³-hybridized carbons (Fsp3) is 0.241. The molecule has 180 valence electrons. The molecule has 0 saturated heterocycles. The van der Waals surface area contributed by atoms with Crippen LogP contribution >= 0.6 is 11.3 Å². The summed E-state index contributed by atoms with van der Waals surface area (Å²) >= 11 is 1.36. The topological polar surface area (TPSA) is 48.4 Å². The van der Waals surface area contributed by atoms with Crippen LogP contribution in [-0.4, -0.2) is 25.9 Å². The third kappa shape index (κ3) is 5.15. The van der Waals surface area contributed by atoms with Crippen molar-refractivity contribution in [1.29, 1.82) is 0 Å². The quantitative estimate of drug-likeness (QED) is 0.217. The Morgan fingerprint density at radius 2 is 1.37 bits per heavy atom. The van der Waals surface area contributed by atoms with Crippen molar-refractivity contribution < 1.29 is 14.0 Å². The number of carbonyl (C=O) groups excluding carboxylic acids is 1. The molecule has 35 heavy (non-hydrogen) atoms. The molecule has 0 fully saturated rings. The molecule has 0 bridgehead atoms. The zero-order valence-corrected chi connectivity index (χ0v) is 22.5. The van der Waals surface area contributed by atoms with Gasteiger partial charge in [0, 0.05) is 5.56 Å². The van der Waals surface area contributed by atoms with E-state index in [4.69, 9.17) is 14.1 Å². The van der Waals surface area contributed by atoms with Gasteiger partial charge in [0.05, 0.1) is 18.9 Å². The van der Waals surface area contributed by atoms with Gasteiger partial charge in [0.2, 0.25) is 0 Å². The molecule has 0 aliphatic carbocycles. The summed E-state index contributed by atoms with van der Waals surface area (Å²) in [5, 5.41) is 3.00. The van der Waals surface area contributed by atoms with Crippen LogP contribution in [0.2, 0.25) is 5.04 Å². The van der Waals surface area contributed by atoms with Gasteiger partial charge in [-0.2, -0.15) is 0 Å². The number of ether oxygens (including phenoxy) is 1. The minimum atomic E-state index is -2.77. The average molecular weight is 502 g/mol. The van der Waals surface area contributed by atoms with Crippen molar-refractivity contribution in [3.8, 4) is 10.6 Å². The Morgan fingerprint density at radius 1 is 0.857 bits per heavy atom. The van der Waals surface area contributed by atoms with Crippen molar-refractivity contribution in [2.75, 3.05) is 6.61 Å². The fourth-order valence-electron chi connectivity index (χ4n) is 4.45. The molecule has 0 amide bonds. The van der Waals surface area contributed by atoms with Gasteiger partial charge in [-0.3, -0.25) is 0 Å². The molecular formula is C29H31NO3SSi.